The predicted octanol–water partition coefficient (Wildman–Crippen LogP) is 1.52. The smallest absolute Gasteiger partial charge is 0.321 e. The Morgan fingerprint density at radius 1 is 1.35 bits per heavy atom. The lowest BCUT2D eigenvalue weighted by Gasteiger charge is -2.07. The first-order chi connectivity index (χ1) is 9.36. The van der Waals surface area contributed by atoms with Gasteiger partial charge in [-0.05, 0) is 24.1 Å². The summed E-state index contributed by atoms with van der Waals surface area (Å²) < 4.78 is 23.7. The normalized spacial score (nSPS) is 13.1. The van der Waals surface area contributed by atoms with Gasteiger partial charge in [-0.25, -0.2) is 8.42 Å². The summed E-state index contributed by atoms with van der Waals surface area (Å²) in [4.78, 5) is 10.9. The van der Waals surface area contributed by atoms with Crippen molar-refractivity contribution in [3.8, 4) is 0 Å². The number of rotatable bonds is 8. The van der Waals surface area contributed by atoms with Gasteiger partial charge in [0, 0.05) is 11.5 Å². The fourth-order valence-electron chi connectivity index (χ4n) is 1.55. The van der Waals surface area contributed by atoms with Crippen LogP contribution in [0.3, 0.4) is 0 Å². The summed E-state index contributed by atoms with van der Waals surface area (Å²) in [5.41, 5.74) is 6.34. The summed E-state index contributed by atoms with van der Waals surface area (Å²) >= 11 is 1.41. The molecule has 0 saturated carbocycles. The molecule has 0 fully saturated rings. The molecule has 0 spiro atoms. The van der Waals surface area contributed by atoms with Gasteiger partial charge in [-0.1, -0.05) is 19.1 Å². The van der Waals surface area contributed by atoms with Crippen molar-refractivity contribution in [3.63, 3.8) is 0 Å². The predicted molar refractivity (Wildman–Crippen MR) is 80.6 cm³/mol. The lowest BCUT2D eigenvalue weighted by molar-refractivity contribution is -0.137. The quantitative estimate of drug-likeness (QED) is 0.754. The van der Waals surface area contributed by atoms with Crippen LogP contribution in [0.5, 0.6) is 0 Å². The third-order valence-electron chi connectivity index (χ3n) is 2.64. The van der Waals surface area contributed by atoms with Crippen LogP contribution in [0.15, 0.2) is 29.2 Å². The van der Waals surface area contributed by atoms with Gasteiger partial charge in [-0.2, -0.15) is 11.8 Å². The lowest BCUT2D eigenvalue weighted by atomic mass is 10.2. The van der Waals surface area contributed by atoms with E-state index in [0.717, 1.165) is 5.56 Å². The van der Waals surface area contributed by atoms with E-state index < -0.39 is 21.8 Å². The average molecular weight is 317 g/mol. The monoisotopic (exact) mass is 317 g/mol. The number of carboxylic acid groups (broad SMARTS) is 1. The van der Waals surface area contributed by atoms with Crippen LogP contribution in [0.2, 0.25) is 0 Å². The van der Waals surface area contributed by atoms with Crippen LogP contribution in [0, 0.1) is 0 Å². The van der Waals surface area contributed by atoms with Gasteiger partial charge in [0.2, 0.25) is 0 Å². The first-order valence-electron chi connectivity index (χ1n) is 6.24. The molecule has 1 aromatic rings. The maximum absolute atomic E-state index is 11.8. The summed E-state index contributed by atoms with van der Waals surface area (Å²) in [6.07, 6.45) is 0.590. The molecular weight excluding hydrogens is 298 g/mol. The van der Waals surface area contributed by atoms with Crippen molar-refractivity contribution in [3.05, 3.63) is 29.8 Å². The van der Waals surface area contributed by atoms with Crippen LogP contribution < -0.4 is 5.73 Å². The molecule has 1 atom stereocenters. The molecule has 0 aromatic heterocycles. The van der Waals surface area contributed by atoms with Crippen molar-refractivity contribution in [2.45, 2.75) is 30.0 Å². The number of thioether (sulfide) groups is 1. The highest BCUT2D eigenvalue weighted by Gasteiger charge is 2.13. The first kappa shape index (κ1) is 17.0. The zero-order valence-electron chi connectivity index (χ0n) is 11.3. The maximum Gasteiger partial charge on any atom is 0.321 e. The van der Waals surface area contributed by atoms with Gasteiger partial charge >= 0.3 is 5.97 Å². The van der Waals surface area contributed by atoms with Crippen LogP contribution in [-0.4, -0.2) is 37.0 Å². The molecular formula is C13H19NO4S2. The summed E-state index contributed by atoms with van der Waals surface area (Å²) in [6.45, 7) is 1.83. The molecule has 7 heteroatoms. The van der Waals surface area contributed by atoms with Crippen LogP contribution in [-0.2, 0) is 20.4 Å². The Morgan fingerprint density at radius 3 is 2.45 bits per heavy atom. The molecule has 0 aliphatic carbocycles. The Bertz CT molecular complexity index is 540. The van der Waals surface area contributed by atoms with E-state index in [4.69, 9.17) is 10.8 Å². The highest BCUT2D eigenvalue weighted by atomic mass is 32.2. The number of benzene rings is 1. The topological polar surface area (TPSA) is 97.5 Å². The van der Waals surface area contributed by atoms with Crippen LogP contribution in [0.25, 0.3) is 0 Å². The largest absolute Gasteiger partial charge is 0.480 e. The van der Waals surface area contributed by atoms with Crippen molar-refractivity contribution < 1.29 is 18.3 Å². The molecule has 0 saturated heterocycles. The Kier molecular flexibility index (Phi) is 6.51. The molecule has 112 valence electrons. The highest BCUT2D eigenvalue weighted by molar-refractivity contribution is 7.98. The van der Waals surface area contributed by atoms with E-state index in [0.29, 0.717) is 22.8 Å². The molecule has 0 aliphatic heterocycles. The maximum atomic E-state index is 11.8. The fourth-order valence-corrected chi connectivity index (χ4v) is 3.82. The van der Waals surface area contributed by atoms with E-state index >= 15 is 0 Å². The number of hydrogen-bond acceptors (Lipinski definition) is 5. The van der Waals surface area contributed by atoms with Crippen LogP contribution in [0.4, 0.5) is 0 Å². The first-order valence-corrected chi connectivity index (χ1v) is 9.05. The average Bonchev–Trinajstić information content (AvgIpc) is 2.39. The van der Waals surface area contributed by atoms with Crippen molar-refractivity contribution in [2.24, 2.45) is 5.73 Å². The van der Waals surface area contributed by atoms with Gasteiger partial charge in [-0.15, -0.1) is 0 Å². The third-order valence-corrected chi connectivity index (χ3v) is 5.71. The Hall–Kier alpha value is -1.05. The second-order valence-corrected chi connectivity index (χ2v) is 7.56. The summed E-state index contributed by atoms with van der Waals surface area (Å²) in [7, 11) is -3.18. The number of sulfone groups is 1. The van der Waals surface area contributed by atoms with E-state index in [9.17, 15) is 13.2 Å². The summed E-state index contributed by atoms with van der Waals surface area (Å²) in [6, 6.07) is 5.82. The fraction of sp³-hybridized carbons (Fsp3) is 0.462. The lowest BCUT2D eigenvalue weighted by Crippen LogP contribution is -2.32. The van der Waals surface area contributed by atoms with E-state index in [2.05, 4.69) is 0 Å². The molecule has 0 radical (unpaired) electrons. The van der Waals surface area contributed by atoms with E-state index in [1.54, 1.807) is 24.3 Å². The highest BCUT2D eigenvalue weighted by Crippen LogP contribution is 2.17. The molecule has 20 heavy (non-hydrogen) atoms. The number of aliphatic carboxylic acids is 1. The van der Waals surface area contributed by atoms with Gasteiger partial charge in [0.05, 0.1) is 10.6 Å². The number of nitrogens with two attached hydrogens (primary N) is 1. The van der Waals surface area contributed by atoms with Gasteiger partial charge in [-0.3, -0.25) is 4.79 Å². The standard InChI is InChI=1S/C13H19NO4S2/c1-2-7-20(17,18)11-5-3-10(4-6-11)8-19-9-12(14)13(15)16/h3-6,12H,2,7-9,14H2,1H3,(H,15,16)/t12-/m0/s1. The molecule has 3 N–H and O–H groups in total. The molecule has 1 rings (SSSR count). The minimum absolute atomic E-state index is 0.147. The van der Waals surface area contributed by atoms with E-state index in [1.165, 1.54) is 11.8 Å². The summed E-state index contributed by atoms with van der Waals surface area (Å²) in [5.74, 6) is 0.0630. The molecule has 0 heterocycles. The van der Waals surface area contributed by atoms with Gasteiger partial charge in [0.15, 0.2) is 9.84 Å². The van der Waals surface area contributed by atoms with Gasteiger partial charge in [0.25, 0.3) is 0 Å². The molecule has 0 amide bonds. The van der Waals surface area contributed by atoms with E-state index in [-0.39, 0.29) is 5.75 Å². The minimum Gasteiger partial charge on any atom is -0.480 e. The Morgan fingerprint density at radius 2 is 1.95 bits per heavy atom. The molecule has 1 aromatic carbocycles. The molecule has 0 aliphatic rings. The van der Waals surface area contributed by atoms with Crippen molar-refractivity contribution in [1.29, 1.82) is 0 Å². The second-order valence-electron chi connectivity index (χ2n) is 4.42. The minimum atomic E-state index is -3.18. The van der Waals surface area contributed by atoms with E-state index in [1.807, 2.05) is 6.92 Å². The number of hydrogen-bond donors (Lipinski definition) is 2. The molecule has 5 nitrogen and oxygen atoms in total. The van der Waals surface area contributed by atoms with Crippen LogP contribution >= 0.6 is 11.8 Å². The zero-order chi connectivity index (χ0) is 15.2. The van der Waals surface area contributed by atoms with Crippen molar-refractivity contribution in [1.82, 2.24) is 0 Å². The van der Waals surface area contributed by atoms with Gasteiger partial charge in [0.1, 0.15) is 6.04 Å². The number of carboxylic acids is 1. The number of carbonyl (C=O) groups is 1. The second kappa shape index (κ2) is 7.66. The Labute approximate surface area is 123 Å². The Balaban J connectivity index is 2.57. The van der Waals surface area contributed by atoms with Gasteiger partial charge < -0.3 is 10.8 Å². The van der Waals surface area contributed by atoms with Crippen molar-refractivity contribution >= 4 is 27.6 Å². The zero-order valence-corrected chi connectivity index (χ0v) is 12.9. The molecule has 0 bridgehead atoms. The SMILES string of the molecule is CCCS(=O)(=O)c1ccc(CSC[C@H](N)C(=O)O)cc1. The van der Waals surface area contributed by atoms with Crippen LogP contribution in [0.1, 0.15) is 18.9 Å². The third kappa shape index (κ3) is 5.15. The molecule has 0 unspecified atom stereocenters. The van der Waals surface area contributed by atoms with Crippen molar-refractivity contribution in [2.75, 3.05) is 11.5 Å². The summed E-state index contributed by atoms with van der Waals surface area (Å²) in [5, 5.41) is 8.65.